The lowest BCUT2D eigenvalue weighted by molar-refractivity contribution is 0.662. The summed E-state index contributed by atoms with van der Waals surface area (Å²) in [6.45, 7) is 7.16. The quantitative estimate of drug-likeness (QED) is 0.162. The number of fused-ring (bicyclic) bond motifs is 9. The average molecular weight is 798 g/mol. The first kappa shape index (κ1) is 35.9. The number of benzene rings is 9. The standard InChI is InChI=1S/C59H43NS/c1-58(2)50-26-12-9-22-45(50)48-25-15-24-47(57(48)58)43-20-8-7-19-42(43)38-31-33-40(34-32-38)60(53-28-16-30-55-56(53)49-23-11-14-29-54(49)61-55)41-35-36-46-44-21-10-13-27-51(44)59(3,52(46)37-41)39-17-5-4-6-18-39/h4-37H,1-3H3. The lowest BCUT2D eigenvalue weighted by atomic mass is 9.74. The number of thiophene rings is 1. The number of nitrogens with zero attached hydrogens (tertiary/aromatic N) is 1. The second-order valence-corrected chi connectivity index (χ2v) is 18.4. The summed E-state index contributed by atoms with van der Waals surface area (Å²) in [5.41, 5.74) is 20.1. The molecule has 0 spiro atoms. The Bertz CT molecular complexity index is 3350. The summed E-state index contributed by atoms with van der Waals surface area (Å²) >= 11 is 1.87. The minimum absolute atomic E-state index is 0.110. The first-order valence-corrected chi connectivity index (χ1v) is 22.2. The molecule has 2 aliphatic rings. The third kappa shape index (κ3) is 5.25. The summed E-state index contributed by atoms with van der Waals surface area (Å²) in [6, 6.07) is 76.9. The summed E-state index contributed by atoms with van der Waals surface area (Å²) in [6.07, 6.45) is 0. The minimum atomic E-state index is -0.308. The van der Waals surface area contributed by atoms with Crippen LogP contribution in [0.2, 0.25) is 0 Å². The van der Waals surface area contributed by atoms with E-state index in [9.17, 15) is 0 Å². The molecule has 290 valence electrons. The molecule has 2 aliphatic carbocycles. The molecule has 0 saturated carbocycles. The lowest BCUT2D eigenvalue weighted by Crippen LogP contribution is -2.22. The van der Waals surface area contributed by atoms with E-state index in [1.54, 1.807) is 0 Å². The van der Waals surface area contributed by atoms with E-state index < -0.39 is 0 Å². The van der Waals surface area contributed by atoms with Crippen molar-refractivity contribution in [1.29, 1.82) is 0 Å². The van der Waals surface area contributed by atoms with Gasteiger partial charge in [-0.1, -0.05) is 178 Å². The van der Waals surface area contributed by atoms with Crippen LogP contribution in [0.4, 0.5) is 17.1 Å². The highest BCUT2D eigenvalue weighted by molar-refractivity contribution is 7.26. The fourth-order valence-corrected chi connectivity index (χ4v) is 12.0. The van der Waals surface area contributed by atoms with Crippen molar-refractivity contribution in [2.24, 2.45) is 0 Å². The van der Waals surface area contributed by atoms with Gasteiger partial charge < -0.3 is 4.90 Å². The zero-order chi connectivity index (χ0) is 40.9. The van der Waals surface area contributed by atoms with Crippen LogP contribution < -0.4 is 4.90 Å². The van der Waals surface area contributed by atoms with E-state index in [1.165, 1.54) is 98.2 Å². The molecule has 1 aromatic heterocycles. The maximum atomic E-state index is 2.50. The van der Waals surface area contributed by atoms with Crippen LogP contribution in [0.15, 0.2) is 206 Å². The molecule has 0 N–H and O–H groups in total. The van der Waals surface area contributed by atoms with Crippen LogP contribution in [-0.2, 0) is 10.8 Å². The molecule has 0 radical (unpaired) electrons. The summed E-state index contributed by atoms with van der Waals surface area (Å²) in [7, 11) is 0. The smallest absolute Gasteiger partial charge is 0.0554 e. The maximum absolute atomic E-state index is 2.50. The van der Waals surface area contributed by atoms with Crippen molar-refractivity contribution in [2.75, 3.05) is 4.90 Å². The van der Waals surface area contributed by atoms with Crippen LogP contribution in [0, 0.1) is 0 Å². The van der Waals surface area contributed by atoms with Gasteiger partial charge in [0.2, 0.25) is 0 Å². The van der Waals surface area contributed by atoms with E-state index in [1.807, 2.05) is 11.3 Å². The van der Waals surface area contributed by atoms with Crippen LogP contribution in [0.5, 0.6) is 0 Å². The second kappa shape index (κ2) is 13.5. The lowest BCUT2D eigenvalue weighted by Gasteiger charge is -2.31. The number of hydrogen-bond donors (Lipinski definition) is 0. The molecular weight excluding hydrogens is 755 g/mol. The van der Waals surface area contributed by atoms with E-state index in [0.29, 0.717) is 0 Å². The van der Waals surface area contributed by atoms with Gasteiger partial charge in [0.1, 0.15) is 0 Å². The van der Waals surface area contributed by atoms with Gasteiger partial charge in [0.25, 0.3) is 0 Å². The van der Waals surface area contributed by atoms with Gasteiger partial charge in [-0.15, -0.1) is 11.3 Å². The van der Waals surface area contributed by atoms with Crippen LogP contribution in [0.1, 0.15) is 48.6 Å². The molecule has 61 heavy (non-hydrogen) atoms. The minimum Gasteiger partial charge on any atom is -0.310 e. The van der Waals surface area contributed by atoms with Gasteiger partial charge in [-0.2, -0.15) is 0 Å². The normalized spacial score (nSPS) is 15.7. The Morgan fingerprint density at radius 3 is 1.74 bits per heavy atom. The highest BCUT2D eigenvalue weighted by Crippen LogP contribution is 2.56. The van der Waals surface area contributed by atoms with E-state index in [4.69, 9.17) is 0 Å². The summed E-state index contributed by atoms with van der Waals surface area (Å²) in [5.74, 6) is 0. The highest BCUT2D eigenvalue weighted by Gasteiger charge is 2.41. The molecule has 1 atom stereocenters. The predicted molar refractivity (Wildman–Crippen MR) is 260 cm³/mol. The van der Waals surface area contributed by atoms with Gasteiger partial charge >= 0.3 is 0 Å². The maximum Gasteiger partial charge on any atom is 0.0554 e. The first-order valence-electron chi connectivity index (χ1n) is 21.3. The largest absolute Gasteiger partial charge is 0.310 e. The van der Waals surface area contributed by atoms with Crippen molar-refractivity contribution in [3.63, 3.8) is 0 Å². The Hall–Kier alpha value is -7.00. The molecule has 0 saturated heterocycles. The fourth-order valence-electron chi connectivity index (χ4n) is 10.9. The van der Waals surface area contributed by atoms with Gasteiger partial charge in [-0.05, 0) is 122 Å². The van der Waals surface area contributed by atoms with Crippen molar-refractivity contribution in [3.05, 3.63) is 234 Å². The molecule has 12 rings (SSSR count). The molecule has 10 aromatic rings. The van der Waals surface area contributed by atoms with E-state index in [0.717, 1.165) is 11.4 Å². The van der Waals surface area contributed by atoms with Crippen LogP contribution in [0.25, 0.3) is 64.7 Å². The van der Waals surface area contributed by atoms with Crippen LogP contribution in [-0.4, -0.2) is 0 Å². The van der Waals surface area contributed by atoms with E-state index in [2.05, 4.69) is 232 Å². The van der Waals surface area contributed by atoms with Gasteiger partial charge in [0, 0.05) is 42.4 Å². The molecule has 9 aromatic carbocycles. The van der Waals surface area contributed by atoms with Crippen molar-refractivity contribution >= 4 is 48.6 Å². The third-order valence-electron chi connectivity index (χ3n) is 13.8. The summed E-state index contributed by atoms with van der Waals surface area (Å²) < 4.78 is 2.59. The Balaban J connectivity index is 1.03. The van der Waals surface area contributed by atoms with Gasteiger partial charge in [0.05, 0.1) is 5.69 Å². The zero-order valence-electron chi connectivity index (χ0n) is 34.5. The topological polar surface area (TPSA) is 3.24 Å². The SMILES string of the molecule is CC1(C)c2ccccc2-c2cccc(-c3ccccc3-c3ccc(N(c4ccc5c(c4)C(C)(c4ccccc4)c4ccccc4-5)c4cccc5sc6ccccc6c45)cc3)c21. The Labute approximate surface area is 361 Å². The second-order valence-electron chi connectivity index (χ2n) is 17.3. The predicted octanol–water partition coefficient (Wildman–Crippen LogP) is 16.5. The number of anilines is 3. The Morgan fingerprint density at radius 2 is 0.951 bits per heavy atom. The Morgan fingerprint density at radius 1 is 0.393 bits per heavy atom. The molecule has 1 nitrogen and oxygen atoms in total. The van der Waals surface area contributed by atoms with Crippen molar-refractivity contribution in [2.45, 2.75) is 31.6 Å². The van der Waals surface area contributed by atoms with Gasteiger partial charge in [-0.3, -0.25) is 0 Å². The fraction of sp³-hybridized carbons (Fsp3) is 0.0847. The molecule has 0 bridgehead atoms. The number of rotatable bonds is 6. The van der Waals surface area contributed by atoms with Gasteiger partial charge in [-0.25, -0.2) is 0 Å². The molecule has 0 aliphatic heterocycles. The molecule has 1 heterocycles. The highest BCUT2D eigenvalue weighted by atomic mass is 32.1. The molecule has 0 amide bonds. The van der Waals surface area contributed by atoms with Crippen molar-refractivity contribution in [3.8, 4) is 44.5 Å². The third-order valence-corrected chi connectivity index (χ3v) is 14.9. The molecular formula is C59H43NS. The summed E-state index contributed by atoms with van der Waals surface area (Å²) in [4.78, 5) is 2.50. The first-order chi connectivity index (χ1) is 29.9. The van der Waals surface area contributed by atoms with E-state index >= 15 is 0 Å². The average Bonchev–Trinajstić information content (AvgIpc) is 3.91. The van der Waals surface area contributed by atoms with E-state index in [-0.39, 0.29) is 10.8 Å². The monoisotopic (exact) mass is 797 g/mol. The Kier molecular flexibility index (Phi) is 7.95. The van der Waals surface area contributed by atoms with Crippen molar-refractivity contribution in [1.82, 2.24) is 0 Å². The van der Waals surface area contributed by atoms with Gasteiger partial charge in [0.15, 0.2) is 0 Å². The van der Waals surface area contributed by atoms with Crippen molar-refractivity contribution < 1.29 is 0 Å². The zero-order valence-corrected chi connectivity index (χ0v) is 35.3. The molecule has 1 unspecified atom stereocenters. The van der Waals surface area contributed by atoms with Crippen LogP contribution >= 0.6 is 11.3 Å². The number of hydrogen-bond acceptors (Lipinski definition) is 2. The molecule has 2 heteroatoms. The summed E-state index contributed by atoms with van der Waals surface area (Å²) in [5, 5.41) is 2.57. The molecule has 0 fully saturated rings. The van der Waals surface area contributed by atoms with Crippen LogP contribution in [0.3, 0.4) is 0 Å².